The minimum Gasteiger partial charge on any atom is -0.475 e. The van der Waals surface area contributed by atoms with Crippen LogP contribution in [0.1, 0.15) is 31.6 Å². The van der Waals surface area contributed by atoms with Gasteiger partial charge in [-0.3, -0.25) is 9.59 Å². The van der Waals surface area contributed by atoms with Crippen LogP contribution in [0.2, 0.25) is 0 Å². The van der Waals surface area contributed by atoms with Gasteiger partial charge in [-0.05, 0) is 32.0 Å². The number of pyridine rings is 1. The third kappa shape index (κ3) is 4.41. The van der Waals surface area contributed by atoms with Crippen LogP contribution >= 0.6 is 0 Å². The molecule has 7 nitrogen and oxygen atoms in total. The molecule has 138 valence electrons. The van der Waals surface area contributed by atoms with Gasteiger partial charge in [0.2, 0.25) is 17.7 Å². The zero-order valence-electron chi connectivity index (χ0n) is 15.0. The molecule has 0 saturated carbocycles. The van der Waals surface area contributed by atoms with E-state index in [9.17, 15) is 9.59 Å². The number of likely N-dealkylation sites (tertiary alicyclic amines) is 1. The van der Waals surface area contributed by atoms with Crippen molar-refractivity contribution < 1.29 is 18.7 Å². The minimum absolute atomic E-state index is 0.00182. The van der Waals surface area contributed by atoms with Gasteiger partial charge >= 0.3 is 0 Å². The predicted octanol–water partition coefficient (Wildman–Crippen LogP) is 2.13. The van der Waals surface area contributed by atoms with Crippen molar-refractivity contribution in [3.05, 3.63) is 48.0 Å². The molecule has 1 fully saturated rings. The van der Waals surface area contributed by atoms with E-state index < -0.39 is 0 Å². The second-order valence-electron chi connectivity index (χ2n) is 6.61. The molecular formula is C19H23N3O4. The number of hydrogen-bond acceptors (Lipinski definition) is 5. The lowest BCUT2D eigenvalue weighted by atomic mass is 10.1. The van der Waals surface area contributed by atoms with Crippen molar-refractivity contribution in [3.8, 4) is 5.88 Å². The molecule has 3 heterocycles. The van der Waals surface area contributed by atoms with Gasteiger partial charge in [0.05, 0.1) is 24.8 Å². The van der Waals surface area contributed by atoms with E-state index in [4.69, 9.17) is 9.15 Å². The van der Waals surface area contributed by atoms with Crippen molar-refractivity contribution in [2.75, 3.05) is 6.54 Å². The number of furan rings is 1. The van der Waals surface area contributed by atoms with E-state index in [1.54, 1.807) is 29.5 Å². The molecule has 0 aliphatic carbocycles. The van der Waals surface area contributed by atoms with Crippen LogP contribution in [-0.4, -0.2) is 34.3 Å². The van der Waals surface area contributed by atoms with E-state index in [1.165, 1.54) is 0 Å². The van der Waals surface area contributed by atoms with Gasteiger partial charge in [0.1, 0.15) is 5.76 Å². The molecule has 1 unspecified atom stereocenters. The number of aromatic nitrogens is 1. The molecule has 26 heavy (non-hydrogen) atoms. The Morgan fingerprint density at radius 2 is 2.27 bits per heavy atom. The van der Waals surface area contributed by atoms with Gasteiger partial charge in [-0.25, -0.2) is 4.98 Å². The van der Waals surface area contributed by atoms with Gasteiger partial charge in [0, 0.05) is 31.3 Å². The summed E-state index contributed by atoms with van der Waals surface area (Å²) in [6, 6.07) is 7.27. The molecule has 0 aromatic carbocycles. The summed E-state index contributed by atoms with van der Waals surface area (Å²) in [7, 11) is 0. The standard InChI is InChI=1S/C19H23N3O4/c1-13(2)26-19-14(5-3-7-20-19)10-21-18(24)15-9-17(23)22(11-15)12-16-6-4-8-25-16/h3-8,13,15H,9-12H2,1-2H3,(H,21,24). The Hall–Kier alpha value is -2.83. The molecule has 0 bridgehead atoms. The van der Waals surface area contributed by atoms with Gasteiger partial charge in [0.25, 0.3) is 0 Å². The molecular weight excluding hydrogens is 334 g/mol. The van der Waals surface area contributed by atoms with Crippen LogP contribution in [0.25, 0.3) is 0 Å². The summed E-state index contributed by atoms with van der Waals surface area (Å²) in [5.41, 5.74) is 0.811. The Balaban J connectivity index is 1.55. The minimum atomic E-state index is -0.358. The number of nitrogens with one attached hydrogen (secondary N) is 1. The van der Waals surface area contributed by atoms with Gasteiger partial charge in [-0.2, -0.15) is 0 Å². The number of amides is 2. The van der Waals surface area contributed by atoms with E-state index in [1.807, 2.05) is 26.0 Å². The predicted molar refractivity (Wildman–Crippen MR) is 94.1 cm³/mol. The summed E-state index contributed by atoms with van der Waals surface area (Å²) in [6.45, 7) is 4.96. The molecule has 1 N–H and O–H groups in total. The second kappa shape index (κ2) is 8.03. The number of carbonyl (C=O) groups excluding carboxylic acids is 2. The van der Waals surface area contributed by atoms with Gasteiger partial charge in [-0.15, -0.1) is 0 Å². The van der Waals surface area contributed by atoms with Gasteiger partial charge < -0.3 is 19.4 Å². The molecule has 2 amide bonds. The number of nitrogens with zero attached hydrogens (tertiary/aromatic N) is 2. The Labute approximate surface area is 152 Å². The van der Waals surface area contributed by atoms with Crippen LogP contribution in [0.3, 0.4) is 0 Å². The fourth-order valence-electron chi connectivity index (χ4n) is 2.91. The largest absolute Gasteiger partial charge is 0.475 e. The molecule has 0 radical (unpaired) electrons. The quantitative estimate of drug-likeness (QED) is 0.820. The maximum absolute atomic E-state index is 12.5. The highest BCUT2D eigenvalue weighted by atomic mass is 16.5. The summed E-state index contributed by atoms with van der Waals surface area (Å²) in [5.74, 6) is 0.699. The summed E-state index contributed by atoms with van der Waals surface area (Å²) >= 11 is 0. The van der Waals surface area contributed by atoms with E-state index >= 15 is 0 Å². The first-order valence-corrected chi connectivity index (χ1v) is 8.71. The van der Waals surface area contributed by atoms with Gasteiger partial charge in [-0.1, -0.05) is 6.07 Å². The lowest BCUT2D eigenvalue weighted by Gasteiger charge is -2.16. The first-order chi connectivity index (χ1) is 12.5. The lowest BCUT2D eigenvalue weighted by Crippen LogP contribution is -2.32. The molecule has 1 saturated heterocycles. The van der Waals surface area contributed by atoms with Crippen molar-refractivity contribution in [2.24, 2.45) is 5.92 Å². The molecule has 1 atom stereocenters. The summed E-state index contributed by atoms with van der Waals surface area (Å²) in [6.07, 6.45) is 3.45. The molecule has 3 rings (SSSR count). The molecule has 1 aliphatic heterocycles. The summed E-state index contributed by atoms with van der Waals surface area (Å²) in [4.78, 5) is 30.5. The smallest absolute Gasteiger partial charge is 0.225 e. The second-order valence-corrected chi connectivity index (χ2v) is 6.61. The zero-order valence-corrected chi connectivity index (χ0v) is 15.0. The van der Waals surface area contributed by atoms with Crippen molar-refractivity contribution >= 4 is 11.8 Å². The van der Waals surface area contributed by atoms with E-state index in [0.717, 1.165) is 5.56 Å². The highest BCUT2D eigenvalue weighted by Gasteiger charge is 2.34. The third-order valence-electron chi connectivity index (χ3n) is 4.16. The average molecular weight is 357 g/mol. The van der Waals surface area contributed by atoms with Crippen LogP contribution in [0, 0.1) is 5.92 Å². The molecule has 7 heteroatoms. The number of hydrogen-bond donors (Lipinski definition) is 1. The van der Waals surface area contributed by atoms with Crippen LogP contribution in [0.5, 0.6) is 5.88 Å². The Morgan fingerprint density at radius 1 is 1.42 bits per heavy atom. The van der Waals surface area contributed by atoms with Crippen molar-refractivity contribution in [3.63, 3.8) is 0 Å². The number of carbonyl (C=O) groups is 2. The number of ether oxygens (including phenoxy) is 1. The maximum atomic E-state index is 12.5. The first-order valence-electron chi connectivity index (χ1n) is 8.71. The number of rotatable bonds is 7. The monoisotopic (exact) mass is 357 g/mol. The highest BCUT2D eigenvalue weighted by Crippen LogP contribution is 2.21. The SMILES string of the molecule is CC(C)Oc1ncccc1CNC(=O)C1CC(=O)N(Cc2ccco2)C1. The van der Waals surface area contributed by atoms with E-state index in [0.29, 0.717) is 31.3 Å². The van der Waals surface area contributed by atoms with E-state index in [2.05, 4.69) is 10.3 Å². The molecule has 2 aromatic heterocycles. The Kier molecular flexibility index (Phi) is 5.55. The van der Waals surface area contributed by atoms with Crippen molar-refractivity contribution in [1.29, 1.82) is 0 Å². The van der Waals surface area contributed by atoms with Gasteiger partial charge in [0.15, 0.2) is 0 Å². The fourth-order valence-corrected chi connectivity index (χ4v) is 2.91. The topological polar surface area (TPSA) is 84.7 Å². The zero-order chi connectivity index (χ0) is 18.5. The Bertz CT molecular complexity index is 758. The van der Waals surface area contributed by atoms with Crippen molar-refractivity contribution in [1.82, 2.24) is 15.2 Å². The summed E-state index contributed by atoms with van der Waals surface area (Å²) < 4.78 is 10.9. The van der Waals surface area contributed by atoms with Crippen LogP contribution in [0.15, 0.2) is 41.1 Å². The summed E-state index contributed by atoms with van der Waals surface area (Å²) in [5, 5.41) is 2.89. The normalized spacial score (nSPS) is 17.0. The van der Waals surface area contributed by atoms with E-state index in [-0.39, 0.29) is 30.3 Å². The Morgan fingerprint density at radius 3 is 3.00 bits per heavy atom. The third-order valence-corrected chi connectivity index (χ3v) is 4.16. The first kappa shape index (κ1) is 18.0. The molecule has 1 aliphatic rings. The van der Waals surface area contributed by atoms with Crippen LogP contribution in [0.4, 0.5) is 0 Å². The molecule has 0 spiro atoms. The van der Waals surface area contributed by atoms with Crippen molar-refractivity contribution in [2.45, 2.75) is 39.5 Å². The fraction of sp³-hybridized carbons (Fsp3) is 0.421. The molecule has 2 aromatic rings. The van der Waals surface area contributed by atoms with Crippen LogP contribution < -0.4 is 10.1 Å². The maximum Gasteiger partial charge on any atom is 0.225 e. The average Bonchev–Trinajstić information content (AvgIpc) is 3.24. The van der Waals surface area contributed by atoms with Crippen LogP contribution in [-0.2, 0) is 22.7 Å². The lowest BCUT2D eigenvalue weighted by molar-refractivity contribution is -0.129. The highest BCUT2D eigenvalue weighted by molar-refractivity contribution is 5.89.